The maximum atomic E-state index is 13.6. The molecule has 0 N–H and O–H groups in total. The van der Waals surface area contributed by atoms with Crippen molar-refractivity contribution in [3.05, 3.63) is 70.8 Å². The third kappa shape index (κ3) is 5.79. The van der Waals surface area contributed by atoms with Gasteiger partial charge < -0.3 is 21.5 Å². The fourth-order valence-corrected chi connectivity index (χ4v) is 5.19. The van der Waals surface area contributed by atoms with E-state index in [1.165, 1.54) is 47.9 Å². The number of benzene rings is 2. The molecule has 1 saturated heterocycles. The first-order valence-electron chi connectivity index (χ1n) is 11.0. The average molecular weight is 458 g/mol. The molecule has 2 aromatic carbocycles. The van der Waals surface area contributed by atoms with Crippen molar-refractivity contribution >= 4 is 5.78 Å². The monoisotopic (exact) mass is 457 g/mol. The van der Waals surface area contributed by atoms with Crippen LogP contribution in [0.15, 0.2) is 48.5 Å². The lowest BCUT2D eigenvalue weighted by atomic mass is 9.92. The van der Waals surface area contributed by atoms with Gasteiger partial charge in [-0.15, -0.1) is 0 Å². The lowest BCUT2D eigenvalue weighted by molar-refractivity contribution is -0.954. The lowest BCUT2D eigenvalue weighted by Crippen LogP contribution is -3.00. The van der Waals surface area contributed by atoms with Crippen LogP contribution in [-0.2, 0) is 17.8 Å². The number of halogens is 1. The van der Waals surface area contributed by atoms with E-state index in [1.54, 1.807) is 0 Å². The third-order valence-corrected chi connectivity index (χ3v) is 6.71. The van der Waals surface area contributed by atoms with Gasteiger partial charge >= 0.3 is 0 Å². The van der Waals surface area contributed by atoms with Crippen LogP contribution in [0.5, 0.6) is 0 Å². The first-order chi connectivity index (χ1) is 13.6. The van der Waals surface area contributed by atoms with Crippen molar-refractivity contribution in [2.24, 2.45) is 0 Å². The molecular formula is C26H36BrNO. The Morgan fingerprint density at radius 3 is 2.03 bits per heavy atom. The molecule has 1 heterocycles. The van der Waals surface area contributed by atoms with Crippen LogP contribution in [0.1, 0.15) is 61.3 Å². The molecule has 1 aliphatic heterocycles. The van der Waals surface area contributed by atoms with Crippen molar-refractivity contribution in [3.63, 3.8) is 0 Å². The van der Waals surface area contributed by atoms with E-state index in [1.807, 2.05) is 0 Å². The molecule has 1 fully saturated rings. The summed E-state index contributed by atoms with van der Waals surface area (Å²) in [7, 11) is 0. The minimum absolute atomic E-state index is 0. The Labute approximate surface area is 187 Å². The number of nitrogens with zero attached hydrogens (tertiary/aromatic N) is 1. The number of quaternary nitrogens is 1. The Balaban J connectivity index is 0.00000300. The molecule has 1 aliphatic rings. The number of carbonyl (C=O) groups is 1. The second-order valence-electron chi connectivity index (χ2n) is 8.66. The molecule has 158 valence electrons. The summed E-state index contributed by atoms with van der Waals surface area (Å²) in [5, 5.41) is 0. The fraction of sp³-hybridized carbons (Fsp3) is 0.500. The van der Waals surface area contributed by atoms with E-state index in [0.717, 1.165) is 30.5 Å². The number of Topliss-reactive ketones (excluding diaryl/α,β-unsaturated/α-hetero) is 1. The van der Waals surface area contributed by atoms with E-state index >= 15 is 0 Å². The van der Waals surface area contributed by atoms with E-state index in [9.17, 15) is 4.79 Å². The van der Waals surface area contributed by atoms with Gasteiger partial charge in [-0.05, 0) is 56.2 Å². The molecule has 0 bridgehead atoms. The van der Waals surface area contributed by atoms with Crippen molar-refractivity contribution in [2.75, 3.05) is 13.1 Å². The van der Waals surface area contributed by atoms with Gasteiger partial charge in [0.1, 0.15) is 12.6 Å². The molecule has 1 unspecified atom stereocenters. The number of likely N-dealkylation sites (tertiary alicyclic amines) is 1. The Bertz CT molecular complexity index is 758. The van der Waals surface area contributed by atoms with Crippen molar-refractivity contribution in [3.8, 4) is 0 Å². The van der Waals surface area contributed by atoms with Crippen molar-refractivity contribution in [1.29, 1.82) is 0 Å². The SMILES string of the molecule is CCC(C(=O)Cc1c(C)cccc1C)[N+]1(Cc2ccccc2)CCCCCC1.[Br-]. The second kappa shape index (κ2) is 11.1. The highest BCUT2D eigenvalue weighted by Crippen LogP contribution is 2.29. The summed E-state index contributed by atoms with van der Waals surface area (Å²) in [4.78, 5) is 13.6. The normalized spacial score (nSPS) is 17.1. The molecule has 0 spiro atoms. The summed E-state index contributed by atoms with van der Waals surface area (Å²) in [5.74, 6) is 0.428. The average Bonchev–Trinajstić information content (AvgIpc) is 2.92. The van der Waals surface area contributed by atoms with Gasteiger partial charge in [0.05, 0.1) is 13.1 Å². The van der Waals surface area contributed by atoms with Gasteiger partial charge in [-0.2, -0.15) is 0 Å². The molecule has 0 aromatic heterocycles. The maximum absolute atomic E-state index is 13.6. The molecule has 0 radical (unpaired) electrons. The van der Waals surface area contributed by atoms with Crippen LogP contribution >= 0.6 is 0 Å². The highest BCUT2D eigenvalue weighted by molar-refractivity contribution is 5.85. The van der Waals surface area contributed by atoms with Crippen LogP contribution in [0.2, 0.25) is 0 Å². The molecule has 2 aromatic rings. The molecule has 0 aliphatic carbocycles. The van der Waals surface area contributed by atoms with E-state index in [0.29, 0.717) is 12.2 Å². The topological polar surface area (TPSA) is 17.1 Å². The molecular weight excluding hydrogens is 422 g/mol. The minimum Gasteiger partial charge on any atom is -1.00 e. The van der Waals surface area contributed by atoms with Crippen LogP contribution in [0.4, 0.5) is 0 Å². The van der Waals surface area contributed by atoms with E-state index in [4.69, 9.17) is 0 Å². The van der Waals surface area contributed by atoms with Gasteiger partial charge in [0.2, 0.25) is 0 Å². The largest absolute Gasteiger partial charge is 1.00 e. The molecule has 1 atom stereocenters. The first-order valence-corrected chi connectivity index (χ1v) is 11.0. The van der Waals surface area contributed by atoms with Crippen LogP contribution in [0.3, 0.4) is 0 Å². The van der Waals surface area contributed by atoms with Crippen LogP contribution in [0, 0.1) is 13.8 Å². The Kier molecular flexibility index (Phi) is 9.10. The second-order valence-corrected chi connectivity index (χ2v) is 8.66. The number of hydrogen-bond acceptors (Lipinski definition) is 1. The Morgan fingerprint density at radius 1 is 0.897 bits per heavy atom. The zero-order chi connectivity index (χ0) is 20.0. The minimum atomic E-state index is 0. The number of ketones is 1. The number of aryl methyl sites for hydroxylation is 2. The summed E-state index contributed by atoms with van der Waals surface area (Å²) in [6.07, 6.45) is 6.58. The van der Waals surface area contributed by atoms with Gasteiger partial charge in [-0.1, -0.05) is 55.5 Å². The zero-order valence-corrected chi connectivity index (χ0v) is 19.9. The van der Waals surface area contributed by atoms with Crippen LogP contribution < -0.4 is 17.0 Å². The number of carbonyl (C=O) groups excluding carboxylic acids is 1. The molecule has 29 heavy (non-hydrogen) atoms. The quantitative estimate of drug-likeness (QED) is 0.584. The van der Waals surface area contributed by atoms with Crippen molar-refractivity contribution in [2.45, 2.75) is 71.9 Å². The summed E-state index contributed by atoms with van der Waals surface area (Å²) < 4.78 is 0.949. The predicted molar refractivity (Wildman–Crippen MR) is 117 cm³/mol. The van der Waals surface area contributed by atoms with Crippen molar-refractivity contribution < 1.29 is 26.3 Å². The van der Waals surface area contributed by atoms with Crippen molar-refractivity contribution in [1.82, 2.24) is 0 Å². The molecule has 3 rings (SSSR count). The van der Waals surface area contributed by atoms with E-state index in [-0.39, 0.29) is 23.0 Å². The van der Waals surface area contributed by atoms with Gasteiger partial charge in [0.25, 0.3) is 0 Å². The van der Waals surface area contributed by atoms with E-state index < -0.39 is 0 Å². The van der Waals surface area contributed by atoms with Gasteiger partial charge in [-0.25, -0.2) is 0 Å². The summed E-state index contributed by atoms with van der Waals surface area (Å²) in [6.45, 7) is 9.73. The summed E-state index contributed by atoms with van der Waals surface area (Å²) in [6, 6.07) is 17.3. The van der Waals surface area contributed by atoms with E-state index in [2.05, 4.69) is 69.3 Å². The van der Waals surface area contributed by atoms with Gasteiger partial charge in [0.15, 0.2) is 5.78 Å². The Morgan fingerprint density at radius 2 is 1.48 bits per heavy atom. The predicted octanol–water partition coefficient (Wildman–Crippen LogP) is 2.79. The van der Waals surface area contributed by atoms with Crippen LogP contribution in [-0.4, -0.2) is 29.4 Å². The van der Waals surface area contributed by atoms with Gasteiger partial charge in [0, 0.05) is 18.4 Å². The Hall–Kier alpha value is -1.45. The lowest BCUT2D eigenvalue weighted by Gasteiger charge is -2.44. The summed E-state index contributed by atoms with van der Waals surface area (Å²) >= 11 is 0. The molecule has 0 amide bonds. The molecule has 3 heteroatoms. The zero-order valence-electron chi connectivity index (χ0n) is 18.3. The number of rotatable bonds is 7. The third-order valence-electron chi connectivity index (χ3n) is 6.71. The molecule has 0 saturated carbocycles. The number of hydrogen-bond donors (Lipinski definition) is 0. The summed E-state index contributed by atoms with van der Waals surface area (Å²) in [5.41, 5.74) is 5.09. The fourth-order valence-electron chi connectivity index (χ4n) is 5.19. The highest BCUT2D eigenvalue weighted by Gasteiger charge is 2.40. The van der Waals surface area contributed by atoms with Gasteiger partial charge in [-0.3, -0.25) is 4.79 Å². The molecule has 2 nitrogen and oxygen atoms in total. The van der Waals surface area contributed by atoms with Crippen LogP contribution in [0.25, 0.3) is 0 Å². The standard InChI is InChI=1S/C26H36NO.BrH/c1-4-25(26(28)19-24-21(2)13-12-14-22(24)3)27(17-10-5-6-11-18-27)20-23-15-8-7-9-16-23;/h7-9,12-16,25H,4-6,10-11,17-20H2,1-3H3;1H/q+1;/p-1. The maximum Gasteiger partial charge on any atom is 0.194 e. The first kappa shape index (κ1) is 23.8. The smallest absolute Gasteiger partial charge is 0.194 e. The highest BCUT2D eigenvalue weighted by atomic mass is 79.9.